The van der Waals surface area contributed by atoms with Crippen LogP contribution in [-0.2, 0) is 13.0 Å². The third-order valence-corrected chi connectivity index (χ3v) is 11.4. The Morgan fingerprint density at radius 1 is 0.949 bits per heavy atom. The molecule has 0 amide bonds. The van der Waals surface area contributed by atoms with E-state index in [0.717, 1.165) is 68.9 Å². The highest BCUT2D eigenvalue weighted by molar-refractivity contribution is 5.41. The fraction of sp³-hybridized carbons (Fsp3) is 0.657. The molecule has 0 saturated heterocycles. The first-order valence-corrected chi connectivity index (χ1v) is 15.8. The van der Waals surface area contributed by atoms with Crippen molar-refractivity contribution in [2.24, 2.45) is 17.3 Å². The van der Waals surface area contributed by atoms with E-state index in [0.29, 0.717) is 17.5 Å². The minimum atomic E-state index is -0.0993. The van der Waals surface area contributed by atoms with Crippen LogP contribution in [-0.4, -0.2) is 60.3 Å². The predicted octanol–water partition coefficient (Wildman–Crippen LogP) is 6.66. The molecule has 0 radical (unpaired) electrons. The van der Waals surface area contributed by atoms with Crippen LogP contribution in [0.1, 0.15) is 87.3 Å². The van der Waals surface area contributed by atoms with Gasteiger partial charge in [-0.05, 0) is 130 Å². The molecule has 0 aromatic heterocycles. The van der Waals surface area contributed by atoms with Crippen molar-refractivity contribution in [3.8, 4) is 5.75 Å². The van der Waals surface area contributed by atoms with Crippen molar-refractivity contribution in [3.63, 3.8) is 0 Å². The summed E-state index contributed by atoms with van der Waals surface area (Å²) in [4.78, 5) is 5.08. The maximum absolute atomic E-state index is 9.83. The van der Waals surface area contributed by atoms with Gasteiger partial charge in [-0.1, -0.05) is 43.3 Å². The zero-order valence-electron chi connectivity index (χ0n) is 24.5. The first-order valence-electron chi connectivity index (χ1n) is 15.8. The highest BCUT2D eigenvalue weighted by Crippen LogP contribution is 2.61. The summed E-state index contributed by atoms with van der Waals surface area (Å²) in [5.74, 6) is 3.47. The summed E-state index contributed by atoms with van der Waals surface area (Å²) in [6.07, 6.45) is 11.9. The summed E-state index contributed by atoms with van der Waals surface area (Å²) >= 11 is 0. The third-order valence-electron chi connectivity index (χ3n) is 11.4. The van der Waals surface area contributed by atoms with Crippen LogP contribution >= 0.6 is 0 Å². The second-order valence-corrected chi connectivity index (χ2v) is 13.6. The molecule has 39 heavy (non-hydrogen) atoms. The molecule has 2 aromatic rings. The van der Waals surface area contributed by atoms with E-state index < -0.39 is 0 Å². The van der Waals surface area contributed by atoms with Crippen LogP contribution in [0.4, 0.5) is 0 Å². The number of ether oxygens (including phenoxy) is 1. The van der Waals surface area contributed by atoms with Gasteiger partial charge in [0.25, 0.3) is 0 Å². The van der Waals surface area contributed by atoms with Crippen molar-refractivity contribution in [1.82, 2.24) is 9.80 Å². The normalized spacial score (nSPS) is 33.7. The van der Waals surface area contributed by atoms with Crippen molar-refractivity contribution >= 4 is 0 Å². The van der Waals surface area contributed by atoms with E-state index in [4.69, 9.17) is 4.74 Å². The summed E-state index contributed by atoms with van der Waals surface area (Å²) in [6.45, 7) is 5.50. The number of hydrogen-bond donors (Lipinski definition) is 1. The molecule has 0 spiro atoms. The van der Waals surface area contributed by atoms with Gasteiger partial charge in [0.1, 0.15) is 5.75 Å². The number of fused-ring (bicyclic) bond motifs is 5. The molecule has 0 aliphatic heterocycles. The molecule has 3 saturated carbocycles. The van der Waals surface area contributed by atoms with Crippen LogP contribution in [0.3, 0.4) is 0 Å². The third kappa shape index (κ3) is 5.54. The number of benzene rings is 2. The van der Waals surface area contributed by atoms with Gasteiger partial charge >= 0.3 is 0 Å². The standard InChI is InChI=1S/C35H50N2O2/c1-35-19-18-31-30-15-13-29(39-21-7-20-36(2)27-11-12-28(38)23-27)22-26(30)10-14-32(31)33(35)16-17-34(35)37(3)24-25-8-5-4-6-9-25/h4-6,8-9,13,15,22,27-28,31-34,38H,7,10-12,14,16-21,23-24H2,1-3H3/t27-,28-,31?,32?,33?,34+,35+/m1/s1. The molecule has 4 heteroatoms. The van der Waals surface area contributed by atoms with Gasteiger partial charge in [0, 0.05) is 25.2 Å². The Hall–Kier alpha value is -1.88. The summed E-state index contributed by atoms with van der Waals surface area (Å²) in [6, 6.07) is 19.3. The van der Waals surface area contributed by atoms with Gasteiger partial charge < -0.3 is 14.7 Å². The van der Waals surface area contributed by atoms with Gasteiger partial charge in [0.05, 0.1) is 12.7 Å². The largest absolute Gasteiger partial charge is 0.494 e. The molecule has 4 nitrogen and oxygen atoms in total. The molecule has 0 bridgehead atoms. The Kier molecular flexibility index (Phi) is 8.08. The maximum Gasteiger partial charge on any atom is 0.119 e. The van der Waals surface area contributed by atoms with Crippen molar-refractivity contribution in [2.45, 2.75) is 102 Å². The van der Waals surface area contributed by atoms with Crippen molar-refractivity contribution < 1.29 is 9.84 Å². The Labute approximate surface area is 236 Å². The molecule has 2 aromatic carbocycles. The number of rotatable bonds is 9. The average Bonchev–Trinajstić information content (AvgIpc) is 3.54. The van der Waals surface area contributed by atoms with Crippen LogP contribution in [0.25, 0.3) is 0 Å². The summed E-state index contributed by atoms with van der Waals surface area (Å²) < 4.78 is 6.24. The SMILES string of the molecule is CN(CCCOc1ccc2c(c1)CCC1C2CC[C@@]2(C)C1CC[C@@H]2N(C)Cc1ccccc1)[C@@H]1CC[C@@H](O)C1. The van der Waals surface area contributed by atoms with Crippen LogP contribution in [0.5, 0.6) is 5.75 Å². The lowest BCUT2D eigenvalue weighted by Crippen LogP contribution is -2.49. The van der Waals surface area contributed by atoms with Crippen LogP contribution in [0, 0.1) is 17.3 Å². The second kappa shape index (κ2) is 11.5. The molecule has 4 aliphatic rings. The van der Waals surface area contributed by atoms with E-state index in [1.54, 1.807) is 11.1 Å². The van der Waals surface area contributed by atoms with E-state index in [2.05, 4.69) is 79.3 Å². The van der Waals surface area contributed by atoms with E-state index in [-0.39, 0.29) is 6.10 Å². The lowest BCUT2D eigenvalue weighted by atomic mass is 9.55. The molecular formula is C35H50N2O2. The van der Waals surface area contributed by atoms with Crippen LogP contribution in [0.15, 0.2) is 48.5 Å². The Bertz CT molecular complexity index is 1110. The summed E-state index contributed by atoms with van der Waals surface area (Å²) in [5, 5.41) is 9.83. The minimum absolute atomic E-state index is 0.0993. The zero-order chi connectivity index (χ0) is 27.0. The molecule has 6 rings (SSSR count). The van der Waals surface area contributed by atoms with Gasteiger partial charge in [-0.3, -0.25) is 4.90 Å². The van der Waals surface area contributed by atoms with Crippen LogP contribution < -0.4 is 4.74 Å². The quantitative estimate of drug-likeness (QED) is 0.368. The second-order valence-electron chi connectivity index (χ2n) is 13.6. The van der Waals surface area contributed by atoms with Gasteiger partial charge in [-0.2, -0.15) is 0 Å². The number of aliphatic hydroxyl groups is 1. The molecule has 212 valence electrons. The van der Waals surface area contributed by atoms with Gasteiger partial charge in [0.2, 0.25) is 0 Å². The Morgan fingerprint density at radius 3 is 2.59 bits per heavy atom. The first kappa shape index (κ1) is 27.3. The zero-order valence-corrected chi connectivity index (χ0v) is 24.5. The summed E-state index contributed by atoms with van der Waals surface area (Å²) in [7, 11) is 4.56. The molecule has 1 N–H and O–H groups in total. The smallest absolute Gasteiger partial charge is 0.119 e. The fourth-order valence-electron chi connectivity index (χ4n) is 9.35. The van der Waals surface area contributed by atoms with Gasteiger partial charge in [0.15, 0.2) is 0 Å². The Morgan fingerprint density at radius 2 is 1.79 bits per heavy atom. The van der Waals surface area contributed by atoms with Crippen molar-refractivity contribution in [1.29, 1.82) is 0 Å². The van der Waals surface area contributed by atoms with E-state index >= 15 is 0 Å². The van der Waals surface area contributed by atoms with E-state index in [1.165, 1.54) is 44.1 Å². The number of aryl methyl sites for hydroxylation is 1. The van der Waals surface area contributed by atoms with Gasteiger partial charge in [-0.25, -0.2) is 0 Å². The summed E-state index contributed by atoms with van der Waals surface area (Å²) in [5.41, 5.74) is 5.05. The number of nitrogens with zero attached hydrogens (tertiary/aromatic N) is 2. The highest BCUT2D eigenvalue weighted by atomic mass is 16.5. The predicted molar refractivity (Wildman–Crippen MR) is 159 cm³/mol. The minimum Gasteiger partial charge on any atom is -0.494 e. The van der Waals surface area contributed by atoms with Crippen molar-refractivity contribution in [2.75, 3.05) is 27.2 Å². The highest BCUT2D eigenvalue weighted by Gasteiger charge is 2.55. The topological polar surface area (TPSA) is 35.9 Å². The molecule has 3 fully saturated rings. The molecule has 0 heterocycles. The first-order chi connectivity index (χ1) is 18.9. The molecule has 4 aliphatic carbocycles. The molecule has 3 unspecified atom stereocenters. The number of aliphatic hydroxyl groups excluding tert-OH is 1. The van der Waals surface area contributed by atoms with Crippen LogP contribution in [0.2, 0.25) is 0 Å². The molecular weight excluding hydrogens is 480 g/mol. The lowest BCUT2D eigenvalue weighted by molar-refractivity contribution is 0.00530. The van der Waals surface area contributed by atoms with E-state index in [1.807, 2.05) is 0 Å². The monoisotopic (exact) mass is 530 g/mol. The Balaban J connectivity index is 1.05. The fourth-order valence-corrected chi connectivity index (χ4v) is 9.35. The maximum atomic E-state index is 9.83. The average molecular weight is 531 g/mol. The van der Waals surface area contributed by atoms with Gasteiger partial charge in [-0.15, -0.1) is 0 Å². The lowest BCUT2D eigenvalue weighted by Gasteiger charge is -2.52. The number of hydrogen-bond acceptors (Lipinski definition) is 4. The van der Waals surface area contributed by atoms with E-state index in [9.17, 15) is 5.11 Å². The molecule has 7 atom stereocenters. The van der Waals surface area contributed by atoms with Crippen molar-refractivity contribution in [3.05, 3.63) is 65.2 Å².